The van der Waals surface area contributed by atoms with E-state index in [9.17, 15) is 14.3 Å². The number of rotatable bonds is 4. The second-order valence-corrected chi connectivity index (χ2v) is 5.69. The largest absolute Gasteiger partial charge is 0.506 e. The minimum atomic E-state index is -0.766. The van der Waals surface area contributed by atoms with Gasteiger partial charge in [-0.25, -0.2) is 9.18 Å². The Morgan fingerprint density at radius 3 is 2.62 bits per heavy atom. The number of nitrogen functional groups attached to an aromatic ring is 1. The van der Waals surface area contributed by atoms with Gasteiger partial charge in [-0.2, -0.15) is 4.98 Å². The van der Waals surface area contributed by atoms with Gasteiger partial charge in [-0.3, -0.25) is 0 Å². The van der Waals surface area contributed by atoms with Gasteiger partial charge in [-0.1, -0.05) is 17.3 Å². The average molecular weight is 357 g/mol. The van der Waals surface area contributed by atoms with Crippen molar-refractivity contribution in [3.05, 3.63) is 59.5 Å². The summed E-state index contributed by atoms with van der Waals surface area (Å²) in [6.07, 6.45) is -0.766. The van der Waals surface area contributed by atoms with Gasteiger partial charge in [0.25, 0.3) is 5.89 Å². The van der Waals surface area contributed by atoms with Crippen LogP contribution in [0.15, 0.2) is 40.9 Å². The second-order valence-electron chi connectivity index (χ2n) is 5.69. The van der Waals surface area contributed by atoms with Crippen molar-refractivity contribution in [2.24, 2.45) is 0 Å². The third kappa shape index (κ3) is 3.49. The smallest absolute Gasteiger partial charge is 0.339 e. The summed E-state index contributed by atoms with van der Waals surface area (Å²) in [6, 6.07) is 8.19. The normalized spacial score (nSPS) is 12.0. The Morgan fingerprint density at radius 1 is 1.31 bits per heavy atom. The van der Waals surface area contributed by atoms with Gasteiger partial charge < -0.3 is 20.1 Å². The summed E-state index contributed by atoms with van der Waals surface area (Å²) in [4.78, 5) is 16.4. The van der Waals surface area contributed by atoms with E-state index in [1.165, 1.54) is 36.4 Å². The number of aryl methyl sites for hydroxylation is 1. The molecular formula is C18H16FN3O4. The van der Waals surface area contributed by atoms with E-state index in [-0.39, 0.29) is 22.9 Å². The molecule has 0 fully saturated rings. The summed E-state index contributed by atoms with van der Waals surface area (Å²) in [7, 11) is 0. The molecule has 1 aromatic heterocycles. The number of esters is 1. The van der Waals surface area contributed by atoms with Crippen LogP contribution in [0.4, 0.5) is 10.1 Å². The molecule has 3 rings (SSSR count). The molecule has 8 heteroatoms. The van der Waals surface area contributed by atoms with Gasteiger partial charge in [0.1, 0.15) is 11.6 Å². The number of aromatic hydroxyl groups is 1. The fourth-order valence-corrected chi connectivity index (χ4v) is 2.38. The van der Waals surface area contributed by atoms with Crippen LogP contribution in [0.3, 0.4) is 0 Å². The zero-order chi connectivity index (χ0) is 18.8. The molecule has 3 N–H and O–H groups in total. The van der Waals surface area contributed by atoms with E-state index in [0.717, 1.165) is 0 Å². The SMILES string of the molecule is Cc1noc([C@@H](C)OC(=O)c2cc(O)c(N)c(-c3ccc(F)cc3)c2)n1. The van der Waals surface area contributed by atoms with Gasteiger partial charge in [-0.05, 0) is 43.7 Å². The van der Waals surface area contributed by atoms with Crippen molar-refractivity contribution in [1.82, 2.24) is 10.1 Å². The van der Waals surface area contributed by atoms with E-state index >= 15 is 0 Å². The zero-order valence-corrected chi connectivity index (χ0v) is 14.1. The van der Waals surface area contributed by atoms with Crippen LogP contribution in [0, 0.1) is 12.7 Å². The highest BCUT2D eigenvalue weighted by Gasteiger charge is 2.21. The Labute approximate surface area is 148 Å². The topological polar surface area (TPSA) is 111 Å². The van der Waals surface area contributed by atoms with E-state index in [1.54, 1.807) is 13.8 Å². The number of nitrogens with zero attached hydrogens (tertiary/aromatic N) is 2. The molecule has 0 saturated heterocycles. The minimum absolute atomic E-state index is 0.0775. The molecule has 7 nitrogen and oxygen atoms in total. The Morgan fingerprint density at radius 2 is 2.00 bits per heavy atom. The van der Waals surface area contributed by atoms with Crippen molar-refractivity contribution in [3.63, 3.8) is 0 Å². The van der Waals surface area contributed by atoms with Crippen LogP contribution in [0.2, 0.25) is 0 Å². The van der Waals surface area contributed by atoms with Crippen LogP contribution in [-0.2, 0) is 4.74 Å². The molecule has 1 heterocycles. The molecule has 0 aliphatic heterocycles. The van der Waals surface area contributed by atoms with Gasteiger partial charge in [0.15, 0.2) is 11.9 Å². The van der Waals surface area contributed by atoms with Gasteiger partial charge in [-0.15, -0.1) is 0 Å². The first-order valence-electron chi connectivity index (χ1n) is 7.74. The molecule has 3 aromatic rings. The van der Waals surface area contributed by atoms with Crippen LogP contribution in [0.5, 0.6) is 5.75 Å². The molecule has 26 heavy (non-hydrogen) atoms. The fraction of sp³-hybridized carbons (Fsp3) is 0.167. The molecule has 0 amide bonds. The first kappa shape index (κ1) is 17.4. The number of carbonyl (C=O) groups is 1. The van der Waals surface area contributed by atoms with E-state index < -0.39 is 17.9 Å². The Balaban J connectivity index is 1.90. The summed E-state index contributed by atoms with van der Waals surface area (Å²) in [5, 5.41) is 13.7. The van der Waals surface area contributed by atoms with E-state index in [0.29, 0.717) is 17.0 Å². The molecule has 0 unspecified atom stereocenters. The maximum absolute atomic E-state index is 13.1. The standard InChI is InChI=1S/C18H16FN3O4/c1-9(17-21-10(2)22-26-17)25-18(24)12-7-14(16(20)15(23)8-12)11-3-5-13(19)6-4-11/h3-9,23H,20H2,1-2H3/t9-/m1/s1. The van der Waals surface area contributed by atoms with Crippen LogP contribution in [0.1, 0.15) is 35.1 Å². The summed E-state index contributed by atoms with van der Waals surface area (Å²) in [6.45, 7) is 3.23. The predicted molar refractivity (Wildman–Crippen MR) is 90.8 cm³/mol. The number of anilines is 1. The molecule has 0 saturated carbocycles. The van der Waals surface area contributed by atoms with Crippen LogP contribution in [-0.4, -0.2) is 21.2 Å². The minimum Gasteiger partial charge on any atom is -0.506 e. The Hall–Kier alpha value is -3.42. The number of benzene rings is 2. The number of phenolic OH excluding ortho intramolecular Hbond substituents is 1. The van der Waals surface area contributed by atoms with Crippen molar-refractivity contribution >= 4 is 11.7 Å². The Bertz CT molecular complexity index is 954. The molecule has 0 aliphatic carbocycles. The number of phenols is 1. The lowest BCUT2D eigenvalue weighted by Gasteiger charge is -2.13. The van der Waals surface area contributed by atoms with Gasteiger partial charge in [0.2, 0.25) is 0 Å². The summed E-state index contributed by atoms with van der Waals surface area (Å²) in [5.41, 5.74) is 6.99. The number of hydrogen-bond acceptors (Lipinski definition) is 7. The second kappa shape index (κ2) is 6.83. The fourth-order valence-electron chi connectivity index (χ4n) is 2.38. The summed E-state index contributed by atoms with van der Waals surface area (Å²) in [5.74, 6) is -0.802. The Kier molecular flexibility index (Phi) is 4.57. The lowest BCUT2D eigenvalue weighted by molar-refractivity contribution is 0.0265. The van der Waals surface area contributed by atoms with E-state index in [4.69, 9.17) is 15.0 Å². The summed E-state index contributed by atoms with van der Waals surface area (Å²) >= 11 is 0. The molecule has 0 bridgehead atoms. The first-order chi connectivity index (χ1) is 12.3. The number of aromatic nitrogens is 2. The monoisotopic (exact) mass is 357 g/mol. The average Bonchev–Trinajstić information content (AvgIpc) is 3.04. The van der Waals surface area contributed by atoms with Crippen molar-refractivity contribution in [3.8, 4) is 16.9 Å². The van der Waals surface area contributed by atoms with Crippen molar-refractivity contribution < 1.29 is 23.6 Å². The predicted octanol–water partition coefficient (Wildman–Crippen LogP) is 3.39. The molecule has 0 aliphatic rings. The number of ether oxygens (including phenoxy) is 1. The third-order valence-corrected chi connectivity index (χ3v) is 3.72. The molecule has 2 aromatic carbocycles. The first-order valence-corrected chi connectivity index (χ1v) is 7.74. The third-order valence-electron chi connectivity index (χ3n) is 3.72. The van der Waals surface area contributed by atoms with E-state index in [2.05, 4.69) is 10.1 Å². The molecule has 1 atom stereocenters. The van der Waals surface area contributed by atoms with Crippen molar-refractivity contribution in [1.29, 1.82) is 0 Å². The quantitative estimate of drug-likeness (QED) is 0.418. The lowest BCUT2D eigenvalue weighted by Crippen LogP contribution is -2.10. The van der Waals surface area contributed by atoms with Gasteiger partial charge >= 0.3 is 5.97 Å². The van der Waals surface area contributed by atoms with E-state index in [1.807, 2.05) is 0 Å². The number of halogens is 1. The maximum atomic E-state index is 13.1. The van der Waals surface area contributed by atoms with Crippen LogP contribution in [0.25, 0.3) is 11.1 Å². The number of hydrogen-bond donors (Lipinski definition) is 2. The zero-order valence-electron chi connectivity index (χ0n) is 14.1. The number of carbonyl (C=O) groups excluding carboxylic acids is 1. The van der Waals surface area contributed by atoms with Crippen molar-refractivity contribution in [2.75, 3.05) is 5.73 Å². The molecule has 0 spiro atoms. The van der Waals surface area contributed by atoms with Crippen LogP contribution >= 0.6 is 0 Å². The molecule has 0 radical (unpaired) electrons. The maximum Gasteiger partial charge on any atom is 0.339 e. The molecule has 134 valence electrons. The van der Waals surface area contributed by atoms with Crippen molar-refractivity contribution in [2.45, 2.75) is 20.0 Å². The number of nitrogens with two attached hydrogens (primary N) is 1. The van der Waals surface area contributed by atoms with Gasteiger partial charge in [0.05, 0.1) is 11.3 Å². The highest BCUT2D eigenvalue weighted by atomic mass is 19.1. The highest BCUT2D eigenvalue weighted by Crippen LogP contribution is 2.35. The highest BCUT2D eigenvalue weighted by molar-refractivity contribution is 5.95. The lowest BCUT2D eigenvalue weighted by atomic mass is 10.00. The summed E-state index contributed by atoms with van der Waals surface area (Å²) < 4.78 is 23.4. The van der Waals surface area contributed by atoms with Gasteiger partial charge in [0, 0.05) is 5.56 Å². The molecular weight excluding hydrogens is 341 g/mol. The van der Waals surface area contributed by atoms with Crippen LogP contribution < -0.4 is 5.73 Å².